The fourth-order valence-corrected chi connectivity index (χ4v) is 4.15. The lowest BCUT2D eigenvalue weighted by Crippen LogP contribution is -2.22. The first-order valence-corrected chi connectivity index (χ1v) is 11.6. The second-order valence-corrected chi connectivity index (χ2v) is 8.36. The number of nitrogens with zero attached hydrogens (tertiary/aromatic N) is 4. The van der Waals surface area contributed by atoms with Crippen molar-refractivity contribution in [2.45, 2.75) is 46.1 Å². The van der Waals surface area contributed by atoms with Crippen molar-refractivity contribution in [3.8, 4) is 34.7 Å². The molecule has 0 unspecified atom stereocenters. The minimum absolute atomic E-state index is 0.0298. The Balaban J connectivity index is 1.52. The molecule has 0 spiro atoms. The van der Waals surface area contributed by atoms with E-state index in [0.717, 1.165) is 37.2 Å². The van der Waals surface area contributed by atoms with E-state index in [4.69, 9.17) is 14.0 Å². The topological polar surface area (TPSA) is 101 Å². The van der Waals surface area contributed by atoms with E-state index < -0.39 is 0 Å². The average molecular weight is 461 g/mol. The molecule has 3 aromatic rings. The highest BCUT2D eigenvalue weighted by Gasteiger charge is 2.24. The maximum atomic E-state index is 11.6. The van der Waals surface area contributed by atoms with Gasteiger partial charge in [0.25, 0.3) is 5.89 Å². The summed E-state index contributed by atoms with van der Waals surface area (Å²) in [5, 5.41) is 13.7. The van der Waals surface area contributed by atoms with Gasteiger partial charge in [0.15, 0.2) is 0 Å². The van der Waals surface area contributed by atoms with Crippen molar-refractivity contribution in [2.24, 2.45) is 0 Å². The Morgan fingerprint density at radius 2 is 2.15 bits per heavy atom. The number of carbonyl (C=O) groups is 1. The second kappa shape index (κ2) is 10.4. The van der Waals surface area contributed by atoms with Gasteiger partial charge in [-0.1, -0.05) is 17.3 Å². The van der Waals surface area contributed by atoms with Crippen LogP contribution in [0.3, 0.4) is 0 Å². The number of carbonyl (C=O) groups excluding carboxylic acids is 1. The zero-order chi connectivity index (χ0) is 24.1. The summed E-state index contributed by atoms with van der Waals surface area (Å²) in [6.45, 7) is 7.73. The summed E-state index contributed by atoms with van der Waals surface area (Å²) in [5.74, 6) is 1.24. The number of ether oxygens (including phenoxy) is 2. The van der Waals surface area contributed by atoms with Crippen LogP contribution in [0.15, 0.2) is 40.9 Å². The monoisotopic (exact) mass is 460 g/mol. The van der Waals surface area contributed by atoms with E-state index in [1.54, 1.807) is 12.1 Å². The summed E-state index contributed by atoms with van der Waals surface area (Å²) < 4.78 is 16.3. The van der Waals surface area contributed by atoms with Gasteiger partial charge in [-0.3, -0.25) is 4.79 Å². The van der Waals surface area contributed by atoms with E-state index >= 15 is 0 Å². The number of hydrogen-bond donors (Lipinski definition) is 0. The van der Waals surface area contributed by atoms with Gasteiger partial charge >= 0.3 is 5.97 Å². The molecule has 0 atom stereocenters. The molecule has 8 nitrogen and oxygen atoms in total. The molecule has 2 heterocycles. The van der Waals surface area contributed by atoms with Crippen LogP contribution in [-0.4, -0.2) is 41.9 Å². The minimum Gasteiger partial charge on any atom is -0.490 e. The first-order chi connectivity index (χ1) is 16.5. The third-order valence-corrected chi connectivity index (χ3v) is 5.61. The summed E-state index contributed by atoms with van der Waals surface area (Å²) in [4.78, 5) is 18.5. The molecule has 8 heteroatoms. The lowest BCUT2D eigenvalue weighted by molar-refractivity contribution is -0.143. The number of fused-ring (bicyclic) bond motifs is 1. The summed E-state index contributed by atoms with van der Waals surface area (Å²) in [7, 11) is 0. The van der Waals surface area contributed by atoms with Crippen LogP contribution in [0.4, 0.5) is 5.69 Å². The van der Waals surface area contributed by atoms with E-state index in [-0.39, 0.29) is 12.1 Å². The largest absolute Gasteiger partial charge is 0.490 e. The predicted molar refractivity (Wildman–Crippen MR) is 127 cm³/mol. The van der Waals surface area contributed by atoms with Crippen molar-refractivity contribution in [1.82, 2.24) is 10.1 Å². The molecule has 0 bridgehead atoms. The van der Waals surface area contributed by atoms with Crippen LogP contribution in [0.5, 0.6) is 5.75 Å². The second-order valence-electron chi connectivity index (χ2n) is 8.36. The molecule has 1 aliphatic rings. The van der Waals surface area contributed by atoms with Gasteiger partial charge in [-0.25, -0.2) is 0 Å². The lowest BCUT2D eigenvalue weighted by atomic mass is 10.0. The number of hydrogen-bond acceptors (Lipinski definition) is 8. The van der Waals surface area contributed by atoms with Crippen LogP contribution in [0.1, 0.15) is 44.7 Å². The number of aromatic nitrogens is 2. The zero-order valence-corrected chi connectivity index (χ0v) is 19.7. The molecule has 34 heavy (non-hydrogen) atoms. The van der Waals surface area contributed by atoms with Crippen molar-refractivity contribution in [2.75, 3.05) is 24.6 Å². The van der Waals surface area contributed by atoms with Crippen molar-refractivity contribution >= 4 is 11.7 Å². The molecule has 0 fully saturated rings. The van der Waals surface area contributed by atoms with Crippen LogP contribution < -0.4 is 9.64 Å². The smallest absolute Gasteiger partial charge is 0.305 e. The highest BCUT2D eigenvalue weighted by molar-refractivity contribution is 5.74. The zero-order valence-electron chi connectivity index (χ0n) is 19.7. The Kier molecular flexibility index (Phi) is 7.12. The number of esters is 1. The molecule has 0 saturated heterocycles. The standard InChI is InChI=1S/C26H28N4O4/c1-4-32-24(31)9-6-13-30-14-12-20-21(7-5-8-22(20)30)25-28-26(34-29-25)18-10-11-23(33-17(2)3)19(15-18)16-27/h5,7-8,10-11,15,17H,4,6,9,12-14H2,1-3H3. The van der Waals surface area contributed by atoms with Crippen LogP contribution in [-0.2, 0) is 16.0 Å². The van der Waals surface area contributed by atoms with Crippen LogP contribution in [0, 0.1) is 11.3 Å². The molecule has 176 valence electrons. The van der Waals surface area contributed by atoms with Crippen LogP contribution in [0.25, 0.3) is 22.8 Å². The van der Waals surface area contributed by atoms with Gasteiger partial charge in [-0.15, -0.1) is 0 Å². The van der Waals surface area contributed by atoms with Crippen LogP contribution >= 0.6 is 0 Å². The Morgan fingerprint density at radius 1 is 1.29 bits per heavy atom. The summed E-state index contributed by atoms with van der Waals surface area (Å²) >= 11 is 0. The molecule has 2 aromatic carbocycles. The number of nitriles is 1. The van der Waals surface area contributed by atoms with E-state index in [1.165, 1.54) is 5.56 Å². The van der Waals surface area contributed by atoms with Gasteiger partial charge in [0.05, 0.1) is 18.3 Å². The first-order valence-electron chi connectivity index (χ1n) is 11.6. The average Bonchev–Trinajstić information content (AvgIpc) is 3.47. The maximum absolute atomic E-state index is 11.6. The summed E-state index contributed by atoms with van der Waals surface area (Å²) in [5.41, 5.74) is 4.32. The molecule has 0 aliphatic carbocycles. The first kappa shape index (κ1) is 23.3. The number of anilines is 1. The third kappa shape index (κ3) is 5.04. The Bertz CT molecular complexity index is 1210. The molecule has 0 saturated carbocycles. The summed E-state index contributed by atoms with van der Waals surface area (Å²) in [6.07, 6.45) is 2.00. The molecule has 0 amide bonds. The van der Waals surface area contributed by atoms with Gasteiger partial charge in [0, 0.05) is 36.3 Å². The normalized spacial score (nSPS) is 12.5. The van der Waals surface area contributed by atoms with Gasteiger partial charge in [-0.2, -0.15) is 10.2 Å². The minimum atomic E-state index is -0.154. The van der Waals surface area contributed by atoms with Crippen LogP contribution in [0.2, 0.25) is 0 Å². The Hall–Kier alpha value is -3.86. The SMILES string of the molecule is CCOC(=O)CCCN1CCc2c(-c3noc(-c4ccc(OC(C)C)c(C#N)c4)n3)cccc21. The van der Waals surface area contributed by atoms with Crippen molar-refractivity contribution in [3.63, 3.8) is 0 Å². The van der Waals surface area contributed by atoms with Gasteiger partial charge in [-0.05, 0) is 63.4 Å². The Morgan fingerprint density at radius 3 is 2.91 bits per heavy atom. The van der Waals surface area contributed by atoms with Crippen molar-refractivity contribution in [1.29, 1.82) is 5.26 Å². The van der Waals surface area contributed by atoms with E-state index in [9.17, 15) is 10.1 Å². The fourth-order valence-electron chi connectivity index (χ4n) is 4.15. The summed E-state index contributed by atoms with van der Waals surface area (Å²) in [6, 6.07) is 13.5. The molecule has 0 N–H and O–H groups in total. The quantitative estimate of drug-likeness (QED) is 0.421. The van der Waals surface area contributed by atoms with Gasteiger partial charge in [0.1, 0.15) is 11.8 Å². The highest BCUT2D eigenvalue weighted by atomic mass is 16.5. The number of rotatable bonds is 9. The predicted octanol–water partition coefficient (Wildman–Crippen LogP) is 4.77. The molecular formula is C26H28N4O4. The maximum Gasteiger partial charge on any atom is 0.305 e. The lowest BCUT2D eigenvalue weighted by Gasteiger charge is -2.19. The van der Waals surface area contributed by atoms with Gasteiger partial charge < -0.3 is 18.9 Å². The third-order valence-electron chi connectivity index (χ3n) is 5.61. The molecule has 4 rings (SSSR count). The van der Waals surface area contributed by atoms with E-state index in [0.29, 0.717) is 41.6 Å². The number of benzene rings is 2. The van der Waals surface area contributed by atoms with E-state index in [2.05, 4.69) is 27.2 Å². The van der Waals surface area contributed by atoms with Gasteiger partial charge in [0.2, 0.25) is 5.82 Å². The molecule has 1 aliphatic heterocycles. The Labute approximate surface area is 199 Å². The van der Waals surface area contributed by atoms with Crippen molar-refractivity contribution < 1.29 is 18.8 Å². The highest BCUT2D eigenvalue weighted by Crippen LogP contribution is 2.36. The van der Waals surface area contributed by atoms with E-state index in [1.807, 2.05) is 39.0 Å². The fraction of sp³-hybridized carbons (Fsp3) is 0.385. The molecule has 1 aromatic heterocycles. The molecular weight excluding hydrogens is 432 g/mol. The molecule has 0 radical (unpaired) electrons. The van der Waals surface area contributed by atoms with Crippen molar-refractivity contribution in [3.05, 3.63) is 47.5 Å².